The van der Waals surface area contributed by atoms with Gasteiger partial charge in [0, 0.05) is 25.0 Å². The van der Waals surface area contributed by atoms with Crippen LogP contribution in [0.2, 0.25) is 0 Å². The van der Waals surface area contributed by atoms with Gasteiger partial charge in [0.25, 0.3) is 0 Å². The number of nitrogens with one attached hydrogen (secondary N) is 1. The highest BCUT2D eigenvalue weighted by atomic mass is 16.5. The van der Waals surface area contributed by atoms with Gasteiger partial charge in [-0.05, 0) is 37.5 Å². The first-order chi connectivity index (χ1) is 10.6. The number of hydrogen-bond donors (Lipinski definition) is 1. The second-order valence-corrected chi connectivity index (χ2v) is 6.48. The molecule has 0 atom stereocenters. The zero-order chi connectivity index (χ0) is 16.0. The van der Waals surface area contributed by atoms with Crippen LogP contribution in [0.3, 0.4) is 0 Å². The number of aliphatic imine (C=N–C) groups is 1. The molecule has 1 aliphatic rings. The highest BCUT2D eigenvalue weighted by molar-refractivity contribution is 5.80. The van der Waals surface area contributed by atoms with E-state index in [0.29, 0.717) is 0 Å². The highest BCUT2D eigenvalue weighted by Gasteiger charge is 2.22. The van der Waals surface area contributed by atoms with Gasteiger partial charge in [-0.25, -0.2) is 0 Å². The molecule has 4 heteroatoms. The average Bonchev–Trinajstić information content (AvgIpc) is 3.05. The first kappa shape index (κ1) is 16.7. The second-order valence-electron chi connectivity index (χ2n) is 6.48. The minimum atomic E-state index is 0.00661. The van der Waals surface area contributed by atoms with Crippen LogP contribution < -0.4 is 10.1 Å². The molecule has 0 saturated carbocycles. The van der Waals surface area contributed by atoms with Crippen LogP contribution >= 0.6 is 0 Å². The smallest absolute Gasteiger partial charge is 0.193 e. The molecule has 122 valence electrons. The number of guanidine groups is 1. The van der Waals surface area contributed by atoms with Crippen LogP contribution in [0.1, 0.15) is 39.2 Å². The summed E-state index contributed by atoms with van der Waals surface area (Å²) in [6, 6.07) is 8.31. The third kappa shape index (κ3) is 4.15. The van der Waals surface area contributed by atoms with Crippen LogP contribution in [0, 0.1) is 0 Å². The summed E-state index contributed by atoms with van der Waals surface area (Å²) < 4.78 is 5.24. The summed E-state index contributed by atoms with van der Waals surface area (Å²) in [7, 11) is 1.70. The van der Waals surface area contributed by atoms with E-state index in [9.17, 15) is 0 Å². The molecule has 1 aliphatic heterocycles. The predicted molar refractivity (Wildman–Crippen MR) is 92.8 cm³/mol. The fourth-order valence-corrected chi connectivity index (χ4v) is 2.76. The van der Waals surface area contributed by atoms with E-state index < -0.39 is 0 Å². The van der Waals surface area contributed by atoms with Gasteiger partial charge in [0.15, 0.2) is 5.96 Å². The van der Waals surface area contributed by atoms with Gasteiger partial charge in [-0.3, -0.25) is 4.99 Å². The Morgan fingerprint density at radius 3 is 2.41 bits per heavy atom. The largest absolute Gasteiger partial charge is 0.497 e. The number of benzene rings is 1. The van der Waals surface area contributed by atoms with Crippen molar-refractivity contribution < 1.29 is 4.74 Å². The fraction of sp³-hybridized carbons (Fsp3) is 0.611. The van der Waals surface area contributed by atoms with Gasteiger partial charge < -0.3 is 15.0 Å². The topological polar surface area (TPSA) is 36.9 Å². The van der Waals surface area contributed by atoms with Gasteiger partial charge in [-0.1, -0.05) is 26.0 Å². The van der Waals surface area contributed by atoms with E-state index in [1.165, 1.54) is 18.4 Å². The minimum absolute atomic E-state index is 0.00661. The Bertz CT molecular complexity index is 488. The third-order valence-corrected chi connectivity index (χ3v) is 4.24. The van der Waals surface area contributed by atoms with E-state index in [1.807, 2.05) is 12.1 Å². The SMILES string of the molecule is CCNC(=NCC(C)(C)c1ccc(OC)cc1)N1CCCC1. The summed E-state index contributed by atoms with van der Waals surface area (Å²) in [6.07, 6.45) is 2.54. The Balaban J connectivity index is 2.08. The summed E-state index contributed by atoms with van der Waals surface area (Å²) >= 11 is 0. The van der Waals surface area contributed by atoms with Gasteiger partial charge in [-0.2, -0.15) is 0 Å². The first-order valence-corrected chi connectivity index (χ1v) is 8.24. The number of likely N-dealkylation sites (tertiary alicyclic amines) is 1. The van der Waals surface area contributed by atoms with Crippen LogP contribution in [-0.2, 0) is 5.41 Å². The Labute approximate surface area is 134 Å². The van der Waals surface area contributed by atoms with E-state index >= 15 is 0 Å². The molecule has 2 rings (SSSR count). The zero-order valence-corrected chi connectivity index (χ0v) is 14.4. The van der Waals surface area contributed by atoms with E-state index in [-0.39, 0.29) is 5.41 Å². The molecule has 1 N–H and O–H groups in total. The lowest BCUT2D eigenvalue weighted by Crippen LogP contribution is -2.40. The molecular weight excluding hydrogens is 274 g/mol. The normalized spacial score (nSPS) is 16.0. The molecule has 0 unspecified atom stereocenters. The van der Waals surface area contributed by atoms with Crippen molar-refractivity contribution in [2.24, 2.45) is 4.99 Å². The summed E-state index contributed by atoms with van der Waals surface area (Å²) in [4.78, 5) is 7.25. The standard InChI is InChI=1S/C18H29N3O/c1-5-19-17(21-12-6-7-13-21)20-14-18(2,3)15-8-10-16(22-4)11-9-15/h8-11H,5-7,12-14H2,1-4H3,(H,19,20). The lowest BCUT2D eigenvalue weighted by Gasteiger charge is -2.26. The maximum atomic E-state index is 5.24. The lowest BCUT2D eigenvalue weighted by molar-refractivity contribution is 0.414. The van der Waals surface area contributed by atoms with Crippen LogP contribution in [0.25, 0.3) is 0 Å². The van der Waals surface area contributed by atoms with Gasteiger partial charge >= 0.3 is 0 Å². The van der Waals surface area contributed by atoms with Gasteiger partial charge in [0.1, 0.15) is 5.75 Å². The van der Waals surface area contributed by atoms with Crippen molar-refractivity contribution in [3.8, 4) is 5.75 Å². The molecule has 0 radical (unpaired) electrons. The molecule has 0 amide bonds. The number of methoxy groups -OCH3 is 1. The number of ether oxygens (including phenoxy) is 1. The quantitative estimate of drug-likeness (QED) is 0.671. The Morgan fingerprint density at radius 2 is 1.86 bits per heavy atom. The van der Waals surface area contributed by atoms with Gasteiger partial charge in [-0.15, -0.1) is 0 Å². The Morgan fingerprint density at radius 1 is 1.23 bits per heavy atom. The van der Waals surface area contributed by atoms with Crippen molar-refractivity contribution in [3.63, 3.8) is 0 Å². The van der Waals surface area contributed by atoms with Crippen molar-refractivity contribution in [1.82, 2.24) is 10.2 Å². The molecule has 1 saturated heterocycles. The molecule has 1 fully saturated rings. The molecule has 22 heavy (non-hydrogen) atoms. The molecule has 0 aliphatic carbocycles. The number of rotatable bonds is 5. The zero-order valence-electron chi connectivity index (χ0n) is 14.4. The molecule has 1 aromatic carbocycles. The summed E-state index contributed by atoms with van der Waals surface area (Å²) in [6.45, 7) is 10.5. The van der Waals surface area contributed by atoms with Crippen molar-refractivity contribution in [2.75, 3.05) is 33.3 Å². The van der Waals surface area contributed by atoms with Crippen molar-refractivity contribution >= 4 is 5.96 Å². The average molecular weight is 303 g/mol. The van der Waals surface area contributed by atoms with Gasteiger partial charge in [0.05, 0.1) is 13.7 Å². The molecule has 1 aromatic rings. The van der Waals surface area contributed by atoms with Crippen LogP contribution in [0.15, 0.2) is 29.3 Å². The maximum Gasteiger partial charge on any atom is 0.193 e. The molecule has 0 aromatic heterocycles. The maximum absolute atomic E-state index is 5.24. The molecular formula is C18H29N3O. The fourth-order valence-electron chi connectivity index (χ4n) is 2.76. The predicted octanol–water partition coefficient (Wildman–Crippen LogP) is 3.03. The van der Waals surface area contributed by atoms with Gasteiger partial charge in [0.2, 0.25) is 0 Å². The van der Waals surface area contributed by atoms with Crippen molar-refractivity contribution in [3.05, 3.63) is 29.8 Å². The molecule has 1 heterocycles. The number of nitrogens with zero attached hydrogens (tertiary/aromatic N) is 2. The van der Waals surface area contributed by atoms with E-state index in [4.69, 9.17) is 9.73 Å². The first-order valence-electron chi connectivity index (χ1n) is 8.24. The second kappa shape index (κ2) is 7.52. The lowest BCUT2D eigenvalue weighted by atomic mass is 9.85. The number of hydrogen-bond acceptors (Lipinski definition) is 2. The van der Waals surface area contributed by atoms with Crippen LogP contribution in [0.5, 0.6) is 5.75 Å². The molecule has 0 spiro atoms. The summed E-state index contributed by atoms with van der Waals surface area (Å²) in [5.41, 5.74) is 1.29. The summed E-state index contributed by atoms with van der Waals surface area (Å²) in [5, 5.41) is 3.42. The Kier molecular flexibility index (Phi) is 5.69. The van der Waals surface area contributed by atoms with Crippen LogP contribution in [0.4, 0.5) is 0 Å². The molecule has 0 bridgehead atoms. The van der Waals surface area contributed by atoms with Crippen molar-refractivity contribution in [2.45, 2.75) is 39.0 Å². The Hall–Kier alpha value is -1.71. The minimum Gasteiger partial charge on any atom is -0.497 e. The van der Waals surface area contributed by atoms with Crippen molar-refractivity contribution in [1.29, 1.82) is 0 Å². The van der Waals surface area contributed by atoms with E-state index in [2.05, 4.69) is 43.1 Å². The highest BCUT2D eigenvalue weighted by Crippen LogP contribution is 2.25. The third-order valence-electron chi connectivity index (χ3n) is 4.24. The van der Waals surface area contributed by atoms with E-state index in [0.717, 1.165) is 37.9 Å². The monoisotopic (exact) mass is 303 g/mol. The van der Waals surface area contributed by atoms with Crippen LogP contribution in [-0.4, -0.2) is 44.1 Å². The molecule has 4 nitrogen and oxygen atoms in total. The summed E-state index contributed by atoms with van der Waals surface area (Å²) in [5.74, 6) is 1.95. The van der Waals surface area contributed by atoms with E-state index in [1.54, 1.807) is 7.11 Å².